The number of hydrogen-bond acceptors (Lipinski definition) is 4. The fourth-order valence-corrected chi connectivity index (χ4v) is 3.30. The topological polar surface area (TPSA) is 50.3 Å². The fourth-order valence-electron chi connectivity index (χ4n) is 2.16. The monoisotopic (exact) mass is 342 g/mol. The lowest BCUT2D eigenvalue weighted by atomic mass is 10.1. The Morgan fingerprint density at radius 1 is 1.63 bits per heavy atom. The predicted octanol–water partition coefficient (Wildman–Crippen LogP) is 2.79. The van der Waals surface area contributed by atoms with Gasteiger partial charge in [0.25, 0.3) is 0 Å². The molecule has 1 amide bonds. The van der Waals surface area contributed by atoms with E-state index in [-0.39, 0.29) is 16.9 Å². The smallest absolute Gasteiger partial charge is 0.227 e. The Kier molecular flexibility index (Phi) is 4.62. The second-order valence-electron chi connectivity index (χ2n) is 4.67. The van der Waals surface area contributed by atoms with Crippen molar-refractivity contribution in [3.8, 4) is 0 Å². The number of carbonyl (C=O) groups excluding carboxylic acids is 2. The molecule has 1 aromatic heterocycles. The van der Waals surface area contributed by atoms with E-state index in [4.69, 9.17) is 0 Å². The quantitative estimate of drug-likeness (QED) is 0.792. The van der Waals surface area contributed by atoms with Gasteiger partial charge in [-0.05, 0) is 40.4 Å². The zero-order chi connectivity index (χ0) is 14.0. The fraction of sp³-hybridized carbons (Fsp3) is 0.462. The van der Waals surface area contributed by atoms with Crippen molar-refractivity contribution in [1.29, 1.82) is 0 Å². The minimum Gasteiger partial charge on any atom is -0.310 e. The first-order chi connectivity index (χ1) is 8.97. The molecule has 1 aliphatic rings. The molecule has 1 aliphatic heterocycles. The normalized spacial score (nSPS) is 19.0. The van der Waals surface area contributed by atoms with Gasteiger partial charge in [-0.2, -0.15) is 0 Å². The standard InChI is InChI=1S/C13H15BrN2O2S/c1-8-3-12(14)15-5-11(8)16-6-10(4-13(16)18)7-19-9(2)17/h3,5,10H,4,6-7H2,1-2H3. The number of anilines is 1. The molecule has 1 saturated heterocycles. The minimum absolute atomic E-state index is 0.104. The Hall–Kier alpha value is -0.880. The Balaban J connectivity index is 2.09. The second kappa shape index (κ2) is 6.05. The Morgan fingerprint density at radius 2 is 2.37 bits per heavy atom. The van der Waals surface area contributed by atoms with Gasteiger partial charge in [0.2, 0.25) is 5.91 Å². The maximum atomic E-state index is 12.1. The van der Waals surface area contributed by atoms with Crippen LogP contribution < -0.4 is 4.90 Å². The molecule has 6 heteroatoms. The van der Waals surface area contributed by atoms with Crippen molar-refractivity contribution in [3.05, 3.63) is 22.4 Å². The molecule has 2 rings (SSSR count). The first kappa shape index (κ1) is 14.5. The average Bonchev–Trinajstić information content (AvgIpc) is 2.68. The number of thioether (sulfide) groups is 1. The third-order valence-corrected chi connectivity index (χ3v) is 4.55. The summed E-state index contributed by atoms with van der Waals surface area (Å²) in [4.78, 5) is 29.0. The number of aromatic nitrogens is 1. The minimum atomic E-state index is 0.104. The van der Waals surface area contributed by atoms with Crippen LogP contribution in [0.4, 0.5) is 5.69 Å². The first-order valence-corrected chi connectivity index (χ1v) is 7.81. The van der Waals surface area contributed by atoms with Crippen molar-refractivity contribution in [3.63, 3.8) is 0 Å². The number of rotatable bonds is 3. The molecule has 0 aromatic carbocycles. The molecule has 2 heterocycles. The second-order valence-corrected chi connectivity index (χ2v) is 6.68. The van der Waals surface area contributed by atoms with Gasteiger partial charge in [0, 0.05) is 25.6 Å². The van der Waals surface area contributed by atoms with Gasteiger partial charge in [-0.25, -0.2) is 4.98 Å². The van der Waals surface area contributed by atoms with E-state index in [9.17, 15) is 9.59 Å². The zero-order valence-corrected chi connectivity index (χ0v) is 13.3. The highest BCUT2D eigenvalue weighted by Gasteiger charge is 2.31. The van der Waals surface area contributed by atoms with Crippen LogP contribution in [0.5, 0.6) is 0 Å². The van der Waals surface area contributed by atoms with Gasteiger partial charge in [0.15, 0.2) is 5.12 Å². The van der Waals surface area contributed by atoms with E-state index in [0.717, 1.165) is 15.9 Å². The summed E-state index contributed by atoms with van der Waals surface area (Å²) in [6.45, 7) is 4.19. The van der Waals surface area contributed by atoms with Gasteiger partial charge >= 0.3 is 0 Å². The summed E-state index contributed by atoms with van der Waals surface area (Å²) >= 11 is 4.61. The molecule has 0 N–H and O–H groups in total. The van der Waals surface area contributed by atoms with Crippen LogP contribution in [0.25, 0.3) is 0 Å². The van der Waals surface area contributed by atoms with Crippen molar-refractivity contribution < 1.29 is 9.59 Å². The largest absolute Gasteiger partial charge is 0.310 e. The molecule has 0 aliphatic carbocycles. The Morgan fingerprint density at radius 3 is 3.00 bits per heavy atom. The molecule has 1 fully saturated rings. The lowest BCUT2D eigenvalue weighted by Gasteiger charge is -2.18. The molecule has 1 unspecified atom stereocenters. The van der Waals surface area contributed by atoms with Gasteiger partial charge in [0.1, 0.15) is 4.60 Å². The summed E-state index contributed by atoms with van der Waals surface area (Å²) in [6, 6.07) is 1.90. The van der Waals surface area contributed by atoms with Gasteiger partial charge in [-0.3, -0.25) is 9.59 Å². The highest BCUT2D eigenvalue weighted by Crippen LogP contribution is 2.30. The molecule has 1 aromatic rings. The number of hydrogen-bond donors (Lipinski definition) is 0. The van der Waals surface area contributed by atoms with Crippen molar-refractivity contribution in [1.82, 2.24) is 4.98 Å². The number of amides is 1. The van der Waals surface area contributed by atoms with Crippen LogP contribution in [0.3, 0.4) is 0 Å². The molecule has 0 spiro atoms. The molecular formula is C13H15BrN2O2S. The predicted molar refractivity (Wildman–Crippen MR) is 80.3 cm³/mol. The average molecular weight is 343 g/mol. The van der Waals surface area contributed by atoms with E-state index >= 15 is 0 Å². The lowest BCUT2D eigenvalue weighted by Crippen LogP contribution is -2.25. The summed E-state index contributed by atoms with van der Waals surface area (Å²) in [7, 11) is 0. The van der Waals surface area contributed by atoms with E-state index in [1.807, 2.05) is 13.0 Å². The van der Waals surface area contributed by atoms with Crippen molar-refractivity contribution in [2.24, 2.45) is 5.92 Å². The Labute approximate surface area is 125 Å². The molecule has 102 valence electrons. The van der Waals surface area contributed by atoms with Gasteiger partial charge < -0.3 is 4.90 Å². The maximum Gasteiger partial charge on any atom is 0.227 e. The van der Waals surface area contributed by atoms with Crippen molar-refractivity contribution in [2.45, 2.75) is 20.3 Å². The number of carbonyl (C=O) groups is 2. The summed E-state index contributed by atoms with van der Waals surface area (Å²) in [5, 5.41) is 0.104. The van der Waals surface area contributed by atoms with Crippen LogP contribution in [-0.4, -0.2) is 28.3 Å². The van der Waals surface area contributed by atoms with Crippen LogP contribution in [0, 0.1) is 12.8 Å². The first-order valence-electron chi connectivity index (χ1n) is 6.03. The lowest BCUT2D eigenvalue weighted by molar-refractivity contribution is -0.117. The van der Waals surface area contributed by atoms with E-state index in [0.29, 0.717) is 18.7 Å². The third kappa shape index (κ3) is 3.57. The van der Waals surface area contributed by atoms with Gasteiger partial charge in [-0.15, -0.1) is 0 Å². The summed E-state index contributed by atoms with van der Waals surface area (Å²) in [5.41, 5.74) is 1.89. The molecule has 0 radical (unpaired) electrons. The van der Waals surface area contributed by atoms with E-state index in [2.05, 4.69) is 20.9 Å². The summed E-state index contributed by atoms with van der Waals surface area (Å²) in [6.07, 6.45) is 2.23. The Bertz CT molecular complexity index is 521. The molecule has 19 heavy (non-hydrogen) atoms. The van der Waals surface area contributed by atoms with E-state index in [1.165, 1.54) is 11.8 Å². The zero-order valence-electron chi connectivity index (χ0n) is 10.9. The highest BCUT2D eigenvalue weighted by molar-refractivity contribution is 9.10. The van der Waals surface area contributed by atoms with E-state index in [1.54, 1.807) is 18.0 Å². The molecule has 1 atom stereocenters. The van der Waals surface area contributed by atoms with Gasteiger partial charge in [0.05, 0.1) is 11.9 Å². The van der Waals surface area contributed by atoms with Crippen LogP contribution >= 0.6 is 27.7 Å². The SMILES string of the molecule is CC(=O)SCC1CC(=O)N(c2cnc(Br)cc2C)C1. The third-order valence-electron chi connectivity index (χ3n) is 3.07. The van der Waals surface area contributed by atoms with Crippen LogP contribution in [0.1, 0.15) is 18.9 Å². The summed E-state index contributed by atoms with van der Waals surface area (Å²) < 4.78 is 0.768. The van der Waals surface area contributed by atoms with Crippen LogP contribution in [0.15, 0.2) is 16.9 Å². The van der Waals surface area contributed by atoms with Crippen LogP contribution in [0.2, 0.25) is 0 Å². The number of halogens is 1. The molecule has 0 saturated carbocycles. The van der Waals surface area contributed by atoms with Crippen LogP contribution in [-0.2, 0) is 9.59 Å². The highest BCUT2D eigenvalue weighted by atomic mass is 79.9. The number of pyridine rings is 1. The molecular weight excluding hydrogens is 328 g/mol. The molecule has 0 bridgehead atoms. The number of aryl methyl sites for hydroxylation is 1. The molecule has 4 nitrogen and oxygen atoms in total. The number of nitrogens with zero attached hydrogens (tertiary/aromatic N) is 2. The summed E-state index contributed by atoms with van der Waals surface area (Å²) in [5.74, 6) is 1.06. The van der Waals surface area contributed by atoms with Crippen molar-refractivity contribution in [2.75, 3.05) is 17.2 Å². The van der Waals surface area contributed by atoms with Gasteiger partial charge in [-0.1, -0.05) is 11.8 Å². The van der Waals surface area contributed by atoms with Crippen molar-refractivity contribution >= 4 is 44.4 Å². The maximum absolute atomic E-state index is 12.1. The van der Waals surface area contributed by atoms with E-state index < -0.39 is 0 Å².